The first-order valence-corrected chi connectivity index (χ1v) is 9.17. The van der Waals surface area contributed by atoms with Crippen molar-refractivity contribution in [1.29, 1.82) is 5.26 Å². The lowest BCUT2D eigenvalue weighted by atomic mass is 9.99. The minimum Gasteiger partial charge on any atom is -0.387 e. The number of hydrogen-bond acceptors (Lipinski definition) is 3. The number of piperidine rings is 1. The maximum Gasteiger partial charge on any atom is 0.320 e. The van der Waals surface area contributed by atoms with Crippen LogP contribution in [0.1, 0.15) is 30.7 Å². The van der Waals surface area contributed by atoms with Gasteiger partial charge in [0.2, 0.25) is 0 Å². The van der Waals surface area contributed by atoms with Crippen LogP contribution in [-0.2, 0) is 0 Å². The summed E-state index contributed by atoms with van der Waals surface area (Å²) < 4.78 is 0. The van der Waals surface area contributed by atoms with E-state index in [1.807, 2.05) is 9.80 Å². The number of nitriles is 1. The largest absolute Gasteiger partial charge is 0.387 e. The van der Waals surface area contributed by atoms with Crippen LogP contribution in [0.5, 0.6) is 0 Å². The molecule has 1 aromatic carbocycles. The van der Waals surface area contributed by atoms with Crippen LogP contribution in [0.15, 0.2) is 42.1 Å². The number of benzene rings is 1. The molecule has 130 valence electrons. The molecule has 0 spiro atoms. The van der Waals surface area contributed by atoms with E-state index in [1.165, 1.54) is 17.6 Å². The molecule has 2 saturated heterocycles. The smallest absolute Gasteiger partial charge is 0.320 e. The number of likely N-dealkylation sites (tertiary alicyclic amines) is 2. The van der Waals surface area contributed by atoms with Crippen molar-refractivity contribution in [3.8, 4) is 6.07 Å². The van der Waals surface area contributed by atoms with Gasteiger partial charge in [-0.3, -0.25) is 0 Å². The van der Waals surface area contributed by atoms with E-state index in [2.05, 4.69) is 47.9 Å². The Hall–Kier alpha value is -2.48. The molecule has 1 aromatic rings. The van der Waals surface area contributed by atoms with Crippen molar-refractivity contribution in [1.82, 2.24) is 15.1 Å². The lowest BCUT2D eigenvalue weighted by Gasteiger charge is -2.39. The van der Waals surface area contributed by atoms with Crippen LogP contribution < -0.4 is 5.32 Å². The topological polar surface area (TPSA) is 59.4 Å². The van der Waals surface area contributed by atoms with Gasteiger partial charge in [0.15, 0.2) is 0 Å². The normalized spacial score (nSPS) is 25.8. The molecular formula is C20H24N4O. The van der Waals surface area contributed by atoms with E-state index in [1.54, 1.807) is 0 Å². The number of urea groups is 1. The third kappa shape index (κ3) is 3.48. The molecule has 2 amide bonds. The molecule has 5 heteroatoms. The van der Waals surface area contributed by atoms with Crippen LogP contribution in [0.25, 0.3) is 0 Å². The zero-order valence-electron chi connectivity index (χ0n) is 14.4. The number of rotatable bonds is 3. The Bertz CT molecular complexity index is 692. The third-order valence-electron chi connectivity index (χ3n) is 5.53. The van der Waals surface area contributed by atoms with E-state index in [0.29, 0.717) is 25.0 Å². The van der Waals surface area contributed by atoms with E-state index in [-0.39, 0.29) is 11.9 Å². The summed E-state index contributed by atoms with van der Waals surface area (Å²) in [6.45, 7) is 2.89. The van der Waals surface area contributed by atoms with Gasteiger partial charge in [0.1, 0.15) is 0 Å². The van der Waals surface area contributed by atoms with Gasteiger partial charge in [-0.2, -0.15) is 5.26 Å². The zero-order valence-corrected chi connectivity index (χ0v) is 14.4. The van der Waals surface area contributed by atoms with Crippen LogP contribution in [0.3, 0.4) is 0 Å². The summed E-state index contributed by atoms with van der Waals surface area (Å²) in [4.78, 5) is 16.2. The first-order chi connectivity index (χ1) is 12.2. The molecular weight excluding hydrogens is 312 g/mol. The molecule has 3 fully saturated rings. The predicted octanol–water partition coefficient (Wildman–Crippen LogP) is 2.69. The van der Waals surface area contributed by atoms with Crippen LogP contribution in [0.2, 0.25) is 0 Å². The minimum atomic E-state index is 0.121. The zero-order chi connectivity index (χ0) is 17.2. The molecule has 1 N–H and O–H groups in total. The highest BCUT2D eigenvalue weighted by Gasteiger charge is 2.38. The summed E-state index contributed by atoms with van der Waals surface area (Å²) in [6.07, 6.45) is 4.91. The number of nitrogens with one attached hydrogen (secondary N) is 1. The fourth-order valence-electron chi connectivity index (χ4n) is 3.74. The molecule has 4 rings (SSSR count). The van der Waals surface area contributed by atoms with E-state index < -0.39 is 0 Å². The second-order valence-electron chi connectivity index (χ2n) is 7.36. The minimum absolute atomic E-state index is 0.121. The van der Waals surface area contributed by atoms with E-state index in [4.69, 9.17) is 5.26 Å². The van der Waals surface area contributed by atoms with E-state index in [0.717, 1.165) is 25.9 Å². The molecule has 2 aliphatic heterocycles. The van der Waals surface area contributed by atoms with E-state index >= 15 is 0 Å². The predicted molar refractivity (Wildman–Crippen MR) is 95.7 cm³/mol. The average Bonchev–Trinajstić information content (AvgIpc) is 3.40. The Balaban J connectivity index is 1.20. The Morgan fingerprint density at radius 1 is 1.16 bits per heavy atom. The summed E-state index contributed by atoms with van der Waals surface area (Å²) in [7, 11) is 0. The Morgan fingerprint density at radius 3 is 2.56 bits per heavy atom. The molecule has 0 radical (unpaired) electrons. The van der Waals surface area contributed by atoms with Crippen LogP contribution in [0, 0.1) is 17.2 Å². The van der Waals surface area contributed by atoms with Crippen molar-refractivity contribution >= 4 is 6.03 Å². The maximum atomic E-state index is 12.4. The van der Waals surface area contributed by atoms with Gasteiger partial charge in [-0.1, -0.05) is 30.3 Å². The lowest BCUT2D eigenvalue weighted by molar-refractivity contribution is 0.132. The number of amides is 2. The van der Waals surface area contributed by atoms with Crippen molar-refractivity contribution < 1.29 is 4.79 Å². The van der Waals surface area contributed by atoms with Crippen LogP contribution in [-0.4, -0.2) is 48.1 Å². The molecule has 2 heterocycles. The van der Waals surface area contributed by atoms with Gasteiger partial charge in [0.05, 0.1) is 6.07 Å². The van der Waals surface area contributed by atoms with Crippen LogP contribution in [0.4, 0.5) is 4.79 Å². The molecule has 1 aliphatic carbocycles. The number of carbonyl (C=O) groups is 1. The highest BCUT2D eigenvalue weighted by atomic mass is 16.2. The number of carbonyl (C=O) groups excluding carboxylic acids is 1. The number of nitrogens with zero attached hydrogens (tertiary/aromatic N) is 3. The Kier molecular flexibility index (Phi) is 4.35. The fourth-order valence-corrected chi connectivity index (χ4v) is 3.74. The van der Waals surface area contributed by atoms with Crippen molar-refractivity contribution in [3.63, 3.8) is 0 Å². The van der Waals surface area contributed by atoms with Gasteiger partial charge in [-0.15, -0.1) is 0 Å². The molecule has 25 heavy (non-hydrogen) atoms. The first-order valence-electron chi connectivity index (χ1n) is 9.17. The quantitative estimate of drug-likeness (QED) is 0.923. The average molecular weight is 336 g/mol. The van der Waals surface area contributed by atoms with Gasteiger partial charge < -0.3 is 15.1 Å². The van der Waals surface area contributed by atoms with Gasteiger partial charge in [0, 0.05) is 44.1 Å². The van der Waals surface area contributed by atoms with Gasteiger partial charge in [-0.05, 0) is 36.6 Å². The van der Waals surface area contributed by atoms with Crippen LogP contribution >= 0.6 is 0 Å². The third-order valence-corrected chi connectivity index (χ3v) is 5.53. The monoisotopic (exact) mass is 336 g/mol. The molecule has 5 nitrogen and oxygen atoms in total. The lowest BCUT2D eigenvalue weighted by Crippen LogP contribution is -2.53. The molecule has 0 bridgehead atoms. The molecule has 2 atom stereocenters. The Labute approximate surface area is 148 Å². The second-order valence-corrected chi connectivity index (χ2v) is 7.36. The van der Waals surface area contributed by atoms with Crippen molar-refractivity contribution in [2.24, 2.45) is 5.92 Å². The standard InChI is InChI=1S/C20H24N4O/c21-11-15-6-8-23(9-7-15)20(25)24-13-16(14-24)12-22-19-10-18(19)17-4-2-1-3-5-17/h1-5,12,15,18-19,22H,6-10,13-14H2. The van der Waals surface area contributed by atoms with Gasteiger partial charge >= 0.3 is 6.03 Å². The SMILES string of the molecule is N#CC1CCN(C(=O)N2CC(=CNC3CC3c3ccccc3)C2)CC1. The molecule has 0 aromatic heterocycles. The van der Waals surface area contributed by atoms with E-state index in [9.17, 15) is 4.79 Å². The number of hydrogen-bond donors (Lipinski definition) is 1. The van der Waals surface area contributed by atoms with Gasteiger partial charge in [-0.25, -0.2) is 4.79 Å². The molecule has 1 saturated carbocycles. The molecule has 3 aliphatic rings. The highest BCUT2D eigenvalue weighted by molar-refractivity contribution is 5.76. The van der Waals surface area contributed by atoms with Crippen molar-refractivity contribution in [2.75, 3.05) is 26.2 Å². The Morgan fingerprint density at radius 2 is 1.88 bits per heavy atom. The van der Waals surface area contributed by atoms with Crippen molar-refractivity contribution in [3.05, 3.63) is 47.7 Å². The van der Waals surface area contributed by atoms with Crippen molar-refractivity contribution in [2.45, 2.75) is 31.2 Å². The summed E-state index contributed by atoms with van der Waals surface area (Å²) in [5.41, 5.74) is 2.70. The summed E-state index contributed by atoms with van der Waals surface area (Å²) >= 11 is 0. The summed E-state index contributed by atoms with van der Waals surface area (Å²) in [5, 5.41) is 12.4. The van der Waals surface area contributed by atoms with Gasteiger partial charge in [0.25, 0.3) is 0 Å². The fraction of sp³-hybridized carbons (Fsp3) is 0.500. The summed E-state index contributed by atoms with van der Waals surface area (Å²) in [6, 6.07) is 13.6. The highest BCUT2D eigenvalue weighted by Crippen LogP contribution is 2.40. The molecule has 2 unspecified atom stereocenters. The first kappa shape index (κ1) is 16.0. The summed E-state index contributed by atoms with van der Waals surface area (Å²) in [5.74, 6) is 0.744. The second kappa shape index (κ2) is 6.79. The maximum absolute atomic E-state index is 12.4.